The number of hydrogen-bond donors (Lipinski definition) is 0. The summed E-state index contributed by atoms with van der Waals surface area (Å²) in [6.07, 6.45) is 1.29. The Labute approximate surface area is 83.9 Å². The van der Waals surface area contributed by atoms with E-state index in [0.717, 1.165) is 0 Å². The lowest BCUT2D eigenvalue weighted by atomic mass is 10.4. The van der Waals surface area contributed by atoms with Crippen LogP contribution < -0.4 is 0 Å². The summed E-state index contributed by atoms with van der Waals surface area (Å²) in [7, 11) is -4.37. The molecule has 1 unspecified atom stereocenters. The van der Waals surface area contributed by atoms with E-state index in [1.807, 2.05) is 0 Å². The number of ether oxygens (including phenoxy) is 2. The molecular formula is C8H15FO4S. The average Bonchev–Trinajstić information content (AvgIpc) is 2.07. The zero-order valence-corrected chi connectivity index (χ0v) is 8.93. The minimum Gasteiger partial charge on any atom is -0.499 e. The molecule has 0 fully saturated rings. The molecule has 14 heavy (non-hydrogen) atoms. The largest absolute Gasteiger partial charge is 0.499 e. The van der Waals surface area contributed by atoms with Gasteiger partial charge in [-0.05, 0) is 13.3 Å². The van der Waals surface area contributed by atoms with Crippen molar-refractivity contribution in [2.45, 2.75) is 19.4 Å². The molecule has 0 radical (unpaired) electrons. The first-order valence-corrected chi connectivity index (χ1v) is 5.77. The lowest BCUT2D eigenvalue weighted by molar-refractivity contribution is 0.0206. The monoisotopic (exact) mass is 226 g/mol. The van der Waals surface area contributed by atoms with Gasteiger partial charge in [-0.25, -0.2) is 0 Å². The molecule has 0 spiro atoms. The maximum absolute atomic E-state index is 12.0. The van der Waals surface area contributed by atoms with Crippen LogP contribution in [-0.2, 0) is 19.7 Å². The van der Waals surface area contributed by atoms with Crippen LogP contribution in [0.4, 0.5) is 3.89 Å². The Morgan fingerprint density at radius 1 is 1.57 bits per heavy atom. The molecule has 0 aliphatic rings. The third-order valence-corrected chi connectivity index (χ3v) is 2.16. The lowest BCUT2D eigenvalue weighted by Gasteiger charge is -2.11. The molecule has 0 heterocycles. The smallest absolute Gasteiger partial charge is 0.302 e. The third kappa shape index (κ3) is 9.47. The molecule has 0 aliphatic heterocycles. The fraction of sp³-hybridized carbons (Fsp3) is 0.750. The van der Waals surface area contributed by atoms with Crippen LogP contribution in [0, 0.1) is 0 Å². The molecule has 0 aromatic rings. The highest BCUT2D eigenvalue weighted by Crippen LogP contribution is 1.98. The molecule has 4 nitrogen and oxygen atoms in total. The second kappa shape index (κ2) is 6.78. The first kappa shape index (κ1) is 13.4. The van der Waals surface area contributed by atoms with Gasteiger partial charge in [-0.15, -0.1) is 3.89 Å². The lowest BCUT2D eigenvalue weighted by Crippen LogP contribution is -2.16. The van der Waals surface area contributed by atoms with Crippen molar-refractivity contribution in [1.82, 2.24) is 0 Å². The Morgan fingerprint density at radius 3 is 2.71 bits per heavy atom. The van der Waals surface area contributed by atoms with Gasteiger partial charge in [-0.2, -0.15) is 8.42 Å². The fourth-order valence-corrected chi connectivity index (χ4v) is 1.23. The van der Waals surface area contributed by atoms with E-state index < -0.39 is 16.0 Å². The summed E-state index contributed by atoms with van der Waals surface area (Å²) < 4.78 is 42.1. The zero-order valence-electron chi connectivity index (χ0n) is 8.11. The van der Waals surface area contributed by atoms with Crippen LogP contribution in [0.25, 0.3) is 0 Å². The Kier molecular flexibility index (Phi) is 6.48. The first-order valence-electron chi connectivity index (χ1n) is 4.22. The van der Waals surface area contributed by atoms with E-state index in [1.165, 1.54) is 6.26 Å². The summed E-state index contributed by atoms with van der Waals surface area (Å²) in [6, 6.07) is 0. The first-order chi connectivity index (χ1) is 6.45. The Balaban J connectivity index is 3.40. The Morgan fingerprint density at radius 2 is 2.21 bits per heavy atom. The highest BCUT2D eigenvalue weighted by Gasteiger charge is 2.07. The molecule has 0 saturated carbocycles. The van der Waals surface area contributed by atoms with Crippen LogP contribution in [0.5, 0.6) is 0 Å². The molecule has 0 aromatic carbocycles. The van der Waals surface area contributed by atoms with Crippen molar-refractivity contribution in [2.24, 2.45) is 0 Å². The van der Waals surface area contributed by atoms with E-state index in [0.29, 0.717) is 6.61 Å². The maximum Gasteiger partial charge on any atom is 0.302 e. The molecular weight excluding hydrogens is 211 g/mol. The van der Waals surface area contributed by atoms with Gasteiger partial charge in [-0.1, -0.05) is 6.58 Å². The maximum atomic E-state index is 12.0. The molecule has 0 aliphatic carbocycles. The molecule has 0 rings (SSSR count). The van der Waals surface area contributed by atoms with Gasteiger partial charge < -0.3 is 9.47 Å². The Bertz CT molecular complexity index is 250. The van der Waals surface area contributed by atoms with Gasteiger partial charge in [0, 0.05) is 6.61 Å². The van der Waals surface area contributed by atoms with Crippen LogP contribution >= 0.6 is 0 Å². The zero-order chi connectivity index (χ0) is 11.0. The van der Waals surface area contributed by atoms with Crippen LogP contribution in [0.2, 0.25) is 0 Å². The molecule has 1 atom stereocenters. The van der Waals surface area contributed by atoms with Gasteiger partial charge in [0.05, 0.1) is 18.1 Å². The normalized spacial score (nSPS) is 13.6. The molecule has 0 amide bonds. The highest BCUT2D eigenvalue weighted by molar-refractivity contribution is 7.86. The van der Waals surface area contributed by atoms with E-state index in [-0.39, 0.29) is 19.1 Å². The van der Waals surface area contributed by atoms with Crippen molar-refractivity contribution in [3.63, 3.8) is 0 Å². The van der Waals surface area contributed by atoms with Gasteiger partial charge >= 0.3 is 10.2 Å². The molecule has 0 aromatic heterocycles. The van der Waals surface area contributed by atoms with Gasteiger partial charge in [0.15, 0.2) is 0 Å². The van der Waals surface area contributed by atoms with E-state index in [9.17, 15) is 12.3 Å². The molecule has 0 N–H and O–H groups in total. The highest BCUT2D eigenvalue weighted by atomic mass is 32.3. The van der Waals surface area contributed by atoms with Crippen LogP contribution in [-0.4, -0.2) is 33.5 Å². The number of hydrogen-bond acceptors (Lipinski definition) is 4. The predicted molar refractivity (Wildman–Crippen MR) is 51.1 cm³/mol. The van der Waals surface area contributed by atoms with Gasteiger partial charge in [0.1, 0.15) is 6.61 Å². The van der Waals surface area contributed by atoms with E-state index in [4.69, 9.17) is 9.47 Å². The van der Waals surface area contributed by atoms with Crippen molar-refractivity contribution in [3.05, 3.63) is 12.8 Å². The summed E-state index contributed by atoms with van der Waals surface area (Å²) in [6.45, 7) is 5.68. The minimum absolute atomic E-state index is 0.150. The van der Waals surface area contributed by atoms with Crippen LogP contribution in [0.1, 0.15) is 13.3 Å². The molecule has 0 saturated heterocycles. The van der Waals surface area contributed by atoms with Gasteiger partial charge in [0.2, 0.25) is 0 Å². The standard InChI is InChI=1S/C8H15FO4S/c1-3-12-7-8(2)13-5-4-6-14(9,10)11/h3,8H,1,4-7H2,2H3. The van der Waals surface area contributed by atoms with E-state index in [1.54, 1.807) is 6.92 Å². The summed E-state index contributed by atoms with van der Waals surface area (Å²) in [5, 5.41) is 0. The van der Waals surface area contributed by atoms with Crippen molar-refractivity contribution in [3.8, 4) is 0 Å². The van der Waals surface area contributed by atoms with Crippen molar-refractivity contribution in [1.29, 1.82) is 0 Å². The van der Waals surface area contributed by atoms with E-state index >= 15 is 0 Å². The van der Waals surface area contributed by atoms with Gasteiger partial charge in [0.25, 0.3) is 0 Å². The number of halogens is 1. The third-order valence-electron chi connectivity index (χ3n) is 1.38. The summed E-state index contributed by atoms with van der Waals surface area (Å²) >= 11 is 0. The van der Waals surface area contributed by atoms with Crippen LogP contribution in [0.3, 0.4) is 0 Å². The predicted octanol–water partition coefficient (Wildman–Crippen LogP) is 1.24. The van der Waals surface area contributed by atoms with Crippen LogP contribution in [0.15, 0.2) is 12.8 Å². The summed E-state index contributed by atoms with van der Waals surface area (Å²) in [5.41, 5.74) is 0. The second-order valence-corrected chi connectivity index (χ2v) is 4.26. The number of rotatable bonds is 8. The van der Waals surface area contributed by atoms with Crippen molar-refractivity contribution >= 4 is 10.2 Å². The molecule has 84 valence electrons. The summed E-state index contributed by atoms with van der Waals surface area (Å²) in [5.74, 6) is -0.498. The quantitative estimate of drug-likeness (QED) is 0.355. The minimum atomic E-state index is -4.37. The van der Waals surface area contributed by atoms with Gasteiger partial charge in [-0.3, -0.25) is 0 Å². The summed E-state index contributed by atoms with van der Waals surface area (Å²) in [4.78, 5) is 0. The molecule has 6 heteroatoms. The second-order valence-electron chi connectivity index (χ2n) is 2.78. The Hall–Kier alpha value is -0.620. The average molecular weight is 226 g/mol. The van der Waals surface area contributed by atoms with Crippen molar-refractivity contribution in [2.75, 3.05) is 19.0 Å². The van der Waals surface area contributed by atoms with Crippen molar-refractivity contribution < 1.29 is 21.8 Å². The SMILES string of the molecule is C=COCC(C)OCCCS(=O)(=O)F. The topological polar surface area (TPSA) is 52.6 Å². The van der Waals surface area contributed by atoms with E-state index in [2.05, 4.69) is 6.58 Å². The fourth-order valence-electron chi connectivity index (χ4n) is 0.768. The molecule has 0 bridgehead atoms.